The van der Waals surface area contributed by atoms with Crippen molar-refractivity contribution in [1.82, 2.24) is 9.55 Å². The number of aryl methyl sites for hydroxylation is 1. The second-order valence-electron chi connectivity index (χ2n) is 5.56. The first-order valence-corrected chi connectivity index (χ1v) is 8.28. The molecule has 0 saturated carbocycles. The third-order valence-corrected chi connectivity index (χ3v) is 4.02. The summed E-state index contributed by atoms with van der Waals surface area (Å²) in [6, 6.07) is 15.7. The van der Waals surface area contributed by atoms with Crippen LogP contribution in [0.25, 0.3) is 0 Å². The summed E-state index contributed by atoms with van der Waals surface area (Å²) in [5, 5.41) is 0.557. The molecular formula is C20H16ClN3O2. The molecule has 1 heterocycles. The number of para-hydroxylation sites is 1. The molecule has 0 aliphatic heterocycles. The van der Waals surface area contributed by atoms with Crippen molar-refractivity contribution >= 4 is 29.0 Å². The molecule has 0 unspecified atom stereocenters. The van der Waals surface area contributed by atoms with Crippen molar-refractivity contribution in [2.45, 2.75) is 0 Å². The van der Waals surface area contributed by atoms with Gasteiger partial charge in [0.15, 0.2) is 11.6 Å². The van der Waals surface area contributed by atoms with Crippen LogP contribution in [0.2, 0.25) is 5.02 Å². The highest BCUT2D eigenvalue weighted by Crippen LogP contribution is 2.17. The predicted molar refractivity (Wildman–Crippen MR) is 101 cm³/mol. The average Bonchev–Trinajstić information content (AvgIpc) is 3.09. The molecule has 130 valence electrons. The number of hydrogen-bond acceptors (Lipinski definition) is 3. The van der Waals surface area contributed by atoms with E-state index in [1.807, 2.05) is 18.2 Å². The van der Waals surface area contributed by atoms with Crippen molar-refractivity contribution in [1.29, 1.82) is 0 Å². The van der Waals surface area contributed by atoms with Crippen LogP contribution in [0.5, 0.6) is 0 Å². The molecule has 0 spiro atoms. The Morgan fingerprint density at radius 3 is 2.38 bits per heavy atom. The van der Waals surface area contributed by atoms with Crippen LogP contribution in [0.1, 0.15) is 21.0 Å². The number of imidazole rings is 1. The Morgan fingerprint density at radius 2 is 1.77 bits per heavy atom. The van der Waals surface area contributed by atoms with Crippen LogP contribution >= 0.6 is 11.6 Å². The Bertz CT molecular complexity index is 947. The van der Waals surface area contributed by atoms with E-state index in [-0.39, 0.29) is 17.5 Å². The summed E-state index contributed by atoms with van der Waals surface area (Å²) in [4.78, 5) is 30.8. The summed E-state index contributed by atoms with van der Waals surface area (Å²) in [6.07, 6.45) is 6.07. The van der Waals surface area contributed by atoms with Crippen molar-refractivity contribution in [2.24, 2.45) is 7.05 Å². The normalized spacial score (nSPS) is 10.8. The van der Waals surface area contributed by atoms with E-state index in [2.05, 4.69) is 4.98 Å². The minimum Gasteiger partial charge on any atom is -0.330 e. The van der Waals surface area contributed by atoms with Crippen molar-refractivity contribution in [3.8, 4) is 0 Å². The Morgan fingerprint density at radius 1 is 1.08 bits per heavy atom. The van der Waals surface area contributed by atoms with E-state index in [0.29, 0.717) is 16.3 Å². The number of allylic oxidation sites excluding steroid dienone is 1. The average molecular weight is 366 g/mol. The SMILES string of the molecule is Cn1ccnc1C(=O)N(/C=C/C(=O)c1ccc(Cl)cc1)c1ccccc1. The molecule has 6 heteroatoms. The van der Waals surface area contributed by atoms with Crippen LogP contribution in [0.3, 0.4) is 0 Å². The molecule has 2 aromatic carbocycles. The lowest BCUT2D eigenvalue weighted by Gasteiger charge is -2.18. The van der Waals surface area contributed by atoms with E-state index in [0.717, 1.165) is 0 Å². The molecular weight excluding hydrogens is 350 g/mol. The summed E-state index contributed by atoms with van der Waals surface area (Å²) in [5.74, 6) is -0.281. The summed E-state index contributed by atoms with van der Waals surface area (Å²) >= 11 is 5.85. The van der Waals surface area contributed by atoms with Crippen LogP contribution in [0.15, 0.2) is 79.3 Å². The van der Waals surface area contributed by atoms with Crippen LogP contribution < -0.4 is 4.90 Å². The zero-order chi connectivity index (χ0) is 18.5. The molecule has 1 amide bonds. The van der Waals surface area contributed by atoms with E-state index < -0.39 is 0 Å². The first-order valence-electron chi connectivity index (χ1n) is 7.90. The van der Waals surface area contributed by atoms with E-state index in [1.165, 1.54) is 17.2 Å². The van der Waals surface area contributed by atoms with Gasteiger partial charge in [0.25, 0.3) is 5.91 Å². The second-order valence-corrected chi connectivity index (χ2v) is 6.00. The number of carbonyl (C=O) groups excluding carboxylic acids is 2. The van der Waals surface area contributed by atoms with Gasteiger partial charge in [-0.2, -0.15) is 0 Å². The minimum absolute atomic E-state index is 0.227. The maximum absolute atomic E-state index is 12.9. The van der Waals surface area contributed by atoms with Gasteiger partial charge >= 0.3 is 0 Å². The largest absolute Gasteiger partial charge is 0.330 e. The zero-order valence-corrected chi connectivity index (χ0v) is 14.8. The van der Waals surface area contributed by atoms with Gasteiger partial charge in [0.05, 0.1) is 0 Å². The van der Waals surface area contributed by atoms with E-state index in [1.54, 1.807) is 60.4 Å². The van der Waals surface area contributed by atoms with E-state index in [4.69, 9.17) is 11.6 Å². The third-order valence-electron chi connectivity index (χ3n) is 3.77. The molecule has 0 saturated heterocycles. The zero-order valence-electron chi connectivity index (χ0n) is 14.0. The molecule has 0 aliphatic rings. The minimum atomic E-state index is -0.330. The topological polar surface area (TPSA) is 55.2 Å². The number of nitrogens with zero attached hydrogens (tertiary/aromatic N) is 3. The lowest BCUT2D eigenvalue weighted by Crippen LogP contribution is -2.28. The number of anilines is 1. The van der Waals surface area contributed by atoms with Gasteiger partial charge in [-0.25, -0.2) is 4.98 Å². The molecule has 0 atom stereocenters. The molecule has 0 N–H and O–H groups in total. The van der Waals surface area contributed by atoms with Crippen molar-refractivity contribution in [2.75, 3.05) is 4.90 Å². The number of halogens is 1. The predicted octanol–water partition coefficient (Wildman–Crippen LogP) is 4.12. The van der Waals surface area contributed by atoms with Gasteiger partial charge in [-0.05, 0) is 36.4 Å². The molecule has 3 aromatic rings. The van der Waals surface area contributed by atoms with Crippen molar-refractivity contribution in [3.05, 3.63) is 95.7 Å². The summed E-state index contributed by atoms with van der Waals surface area (Å²) in [5.41, 5.74) is 1.13. The number of ketones is 1. The molecule has 3 rings (SSSR count). The Balaban J connectivity index is 1.91. The first kappa shape index (κ1) is 17.6. The number of rotatable bonds is 5. The fourth-order valence-electron chi connectivity index (χ4n) is 2.39. The molecule has 5 nitrogen and oxygen atoms in total. The number of amides is 1. The highest BCUT2D eigenvalue weighted by molar-refractivity contribution is 6.30. The quantitative estimate of drug-likeness (QED) is 0.505. The lowest BCUT2D eigenvalue weighted by molar-refractivity contribution is 0.0985. The maximum atomic E-state index is 12.9. The van der Waals surface area contributed by atoms with Gasteiger partial charge in [-0.3, -0.25) is 14.5 Å². The maximum Gasteiger partial charge on any atom is 0.298 e. The summed E-state index contributed by atoms with van der Waals surface area (Å²) in [7, 11) is 1.74. The smallest absolute Gasteiger partial charge is 0.298 e. The van der Waals surface area contributed by atoms with E-state index in [9.17, 15) is 9.59 Å². The third kappa shape index (κ3) is 3.90. The Hall–Kier alpha value is -3.18. The second kappa shape index (κ2) is 7.80. The van der Waals surface area contributed by atoms with Crippen LogP contribution in [-0.4, -0.2) is 21.2 Å². The number of hydrogen-bond donors (Lipinski definition) is 0. The Labute approximate surface area is 156 Å². The molecule has 0 bridgehead atoms. The van der Waals surface area contributed by atoms with Gasteiger partial charge < -0.3 is 4.57 Å². The van der Waals surface area contributed by atoms with Gasteiger partial charge in [0, 0.05) is 48.0 Å². The fourth-order valence-corrected chi connectivity index (χ4v) is 2.52. The first-order chi connectivity index (χ1) is 12.6. The highest BCUT2D eigenvalue weighted by Gasteiger charge is 2.19. The molecule has 0 fully saturated rings. The fraction of sp³-hybridized carbons (Fsp3) is 0.0500. The Kier molecular flexibility index (Phi) is 5.29. The van der Waals surface area contributed by atoms with Crippen LogP contribution in [0.4, 0.5) is 5.69 Å². The molecule has 1 aromatic heterocycles. The van der Waals surface area contributed by atoms with Gasteiger partial charge in [-0.1, -0.05) is 29.8 Å². The summed E-state index contributed by atoms with van der Waals surface area (Å²) in [6.45, 7) is 0. The van der Waals surface area contributed by atoms with Crippen molar-refractivity contribution < 1.29 is 9.59 Å². The highest BCUT2D eigenvalue weighted by atomic mass is 35.5. The standard InChI is InChI=1S/C20H16ClN3O2/c1-23-14-12-22-19(23)20(26)24(17-5-3-2-4-6-17)13-11-18(25)15-7-9-16(21)10-8-15/h2-14H,1H3/b13-11+. The molecule has 26 heavy (non-hydrogen) atoms. The summed E-state index contributed by atoms with van der Waals surface area (Å²) < 4.78 is 1.63. The molecule has 0 radical (unpaired) electrons. The van der Waals surface area contributed by atoms with Gasteiger partial charge in [0.2, 0.25) is 0 Å². The van der Waals surface area contributed by atoms with Gasteiger partial charge in [-0.15, -0.1) is 0 Å². The van der Waals surface area contributed by atoms with Gasteiger partial charge in [0.1, 0.15) is 0 Å². The molecule has 0 aliphatic carbocycles. The van der Waals surface area contributed by atoms with Crippen LogP contribution in [-0.2, 0) is 7.05 Å². The monoisotopic (exact) mass is 365 g/mol. The number of benzene rings is 2. The number of carbonyl (C=O) groups is 2. The van der Waals surface area contributed by atoms with E-state index >= 15 is 0 Å². The van der Waals surface area contributed by atoms with Crippen molar-refractivity contribution in [3.63, 3.8) is 0 Å². The number of aromatic nitrogens is 2. The van der Waals surface area contributed by atoms with Crippen LogP contribution in [0, 0.1) is 0 Å². The lowest BCUT2D eigenvalue weighted by atomic mass is 10.1.